The molecular formula is C33H35FO3. The van der Waals surface area contributed by atoms with Gasteiger partial charge in [0, 0.05) is 5.56 Å². The predicted octanol–water partition coefficient (Wildman–Crippen LogP) is 8.33. The van der Waals surface area contributed by atoms with Gasteiger partial charge < -0.3 is 9.84 Å². The molecule has 1 N–H and O–H groups in total. The maximum Gasteiger partial charge on any atom is 0.306 e. The zero-order valence-electron chi connectivity index (χ0n) is 22.1. The van der Waals surface area contributed by atoms with Crippen LogP contribution in [0.2, 0.25) is 0 Å². The van der Waals surface area contributed by atoms with Gasteiger partial charge in [-0.25, -0.2) is 4.39 Å². The summed E-state index contributed by atoms with van der Waals surface area (Å²) in [4.78, 5) is 11.6. The minimum absolute atomic E-state index is 0.0164. The van der Waals surface area contributed by atoms with Crippen LogP contribution in [0.15, 0.2) is 60.7 Å². The Morgan fingerprint density at radius 1 is 1.08 bits per heavy atom. The molecule has 0 aromatic heterocycles. The average molecular weight is 499 g/mol. The van der Waals surface area contributed by atoms with E-state index in [2.05, 4.69) is 32.1 Å². The molecule has 3 aromatic carbocycles. The van der Waals surface area contributed by atoms with Crippen molar-refractivity contribution in [3.8, 4) is 16.9 Å². The topological polar surface area (TPSA) is 46.5 Å². The molecule has 0 heterocycles. The molecule has 192 valence electrons. The van der Waals surface area contributed by atoms with Crippen LogP contribution >= 0.6 is 0 Å². The van der Waals surface area contributed by atoms with E-state index in [1.807, 2.05) is 37.3 Å². The molecular weight excluding hydrogens is 463 g/mol. The smallest absolute Gasteiger partial charge is 0.306 e. The number of fused-ring (bicyclic) bond motifs is 1. The summed E-state index contributed by atoms with van der Waals surface area (Å²) in [5.74, 6) is -0.625. The number of halogens is 1. The second-order valence-electron chi connectivity index (χ2n) is 11.3. The molecule has 0 fully saturated rings. The van der Waals surface area contributed by atoms with Gasteiger partial charge in [0.25, 0.3) is 0 Å². The molecule has 2 aliphatic carbocycles. The number of benzene rings is 3. The van der Waals surface area contributed by atoms with Crippen molar-refractivity contribution in [1.82, 2.24) is 0 Å². The fraction of sp³-hybridized carbons (Fsp3) is 0.364. The number of carboxylic acids is 1. The SMILES string of the molecule is Cc1ccc(F)c(-c2ccc(COc3ccc4c(c3)[C@H]([C@@H](C)C(=O)O)CC4)cc2C2=CCCC2(C)C)c1. The van der Waals surface area contributed by atoms with Crippen molar-refractivity contribution >= 4 is 11.5 Å². The number of carboxylic acid groups (broad SMARTS) is 1. The summed E-state index contributed by atoms with van der Waals surface area (Å²) in [7, 11) is 0. The molecule has 0 bridgehead atoms. The van der Waals surface area contributed by atoms with Crippen molar-refractivity contribution in [2.75, 3.05) is 0 Å². The largest absolute Gasteiger partial charge is 0.489 e. The third-order valence-corrected chi connectivity index (χ3v) is 8.27. The van der Waals surface area contributed by atoms with Crippen LogP contribution < -0.4 is 4.74 Å². The van der Waals surface area contributed by atoms with Crippen LogP contribution in [0.25, 0.3) is 16.7 Å². The summed E-state index contributed by atoms with van der Waals surface area (Å²) in [5, 5.41) is 9.52. The lowest BCUT2D eigenvalue weighted by Gasteiger charge is -2.25. The van der Waals surface area contributed by atoms with Crippen molar-refractivity contribution in [2.45, 2.75) is 65.9 Å². The number of ether oxygens (including phenoxy) is 1. The Labute approximate surface area is 219 Å². The van der Waals surface area contributed by atoms with E-state index in [0.717, 1.165) is 59.3 Å². The number of rotatable bonds is 7. The number of hydrogen-bond acceptors (Lipinski definition) is 2. The lowest BCUT2D eigenvalue weighted by molar-refractivity contribution is -0.141. The lowest BCUT2D eigenvalue weighted by atomic mass is 9.79. The van der Waals surface area contributed by atoms with Crippen LogP contribution in [-0.4, -0.2) is 11.1 Å². The van der Waals surface area contributed by atoms with Gasteiger partial charge in [0.1, 0.15) is 18.2 Å². The number of carbonyl (C=O) groups is 1. The molecule has 5 rings (SSSR count). The highest BCUT2D eigenvalue weighted by Gasteiger charge is 2.32. The molecule has 4 heteroatoms. The van der Waals surface area contributed by atoms with Crippen LogP contribution in [0.1, 0.15) is 73.8 Å². The van der Waals surface area contributed by atoms with Crippen LogP contribution in [0.5, 0.6) is 5.75 Å². The van der Waals surface area contributed by atoms with Crippen LogP contribution in [0.4, 0.5) is 4.39 Å². The highest BCUT2D eigenvalue weighted by Crippen LogP contribution is 2.47. The van der Waals surface area contributed by atoms with Crippen molar-refractivity contribution in [2.24, 2.45) is 11.3 Å². The Morgan fingerprint density at radius 3 is 2.62 bits per heavy atom. The van der Waals surface area contributed by atoms with Crippen LogP contribution in [-0.2, 0) is 17.8 Å². The zero-order valence-corrected chi connectivity index (χ0v) is 22.1. The van der Waals surface area contributed by atoms with Gasteiger partial charge in [-0.3, -0.25) is 4.79 Å². The molecule has 0 saturated carbocycles. The second kappa shape index (κ2) is 9.81. The molecule has 0 saturated heterocycles. The summed E-state index contributed by atoms with van der Waals surface area (Å²) in [5.41, 5.74) is 8.24. The standard InChI is InChI=1S/C33H35FO3/c1-20-7-14-31(34)29(16-20)26-12-8-22(17-28(26)30-6-5-15-33(30,3)4)19-37-24-11-9-23-10-13-25(27(23)18-24)21(2)32(35)36/h6-9,11-12,14,16-18,21,25H,5,10,13,15,19H2,1-4H3,(H,35,36)/t21-,25+/m1/s1. The highest BCUT2D eigenvalue weighted by atomic mass is 19.1. The van der Waals surface area contributed by atoms with E-state index >= 15 is 0 Å². The molecule has 0 aliphatic heterocycles. The van der Waals surface area contributed by atoms with E-state index in [1.54, 1.807) is 19.1 Å². The first kappa shape index (κ1) is 25.3. The molecule has 0 spiro atoms. The van der Waals surface area contributed by atoms with Gasteiger partial charge >= 0.3 is 5.97 Å². The number of hydrogen-bond donors (Lipinski definition) is 1. The van der Waals surface area contributed by atoms with E-state index in [4.69, 9.17) is 4.74 Å². The highest BCUT2D eigenvalue weighted by molar-refractivity contribution is 5.85. The fourth-order valence-electron chi connectivity index (χ4n) is 6.01. The minimum atomic E-state index is -0.758. The van der Waals surface area contributed by atoms with Crippen molar-refractivity contribution in [1.29, 1.82) is 0 Å². The summed E-state index contributed by atoms with van der Waals surface area (Å²) in [6, 6.07) is 17.5. The van der Waals surface area contributed by atoms with E-state index < -0.39 is 11.9 Å². The second-order valence-corrected chi connectivity index (χ2v) is 11.3. The van der Waals surface area contributed by atoms with Gasteiger partial charge in [-0.15, -0.1) is 0 Å². The summed E-state index contributed by atoms with van der Waals surface area (Å²) in [6.45, 7) is 8.67. The van der Waals surface area contributed by atoms with Crippen molar-refractivity contribution in [3.63, 3.8) is 0 Å². The van der Waals surface area contributed by atoms with Crippen LogP contribution in [0.3, 0.4) is 0 Å². The first-order chi connectivity index (χ1) is 17.6. The number of aliphatic carboxylic acids is 1. The molecule has 2 aliphatic rings. The van der Waals surface area contributed by atoms with Gasteiger partial charge in [0.15, 0.2) is 0 Å². The number of allylic oxidation sites excluding steroid dienone is 2. The Hall–Kier alpha value is -3.40. The summed E-state index contributed by atoms with van der Waals surface area (Å²) >= 11 is 0. The molecule has 3 nitrogen and oxygen atoms in total. The van der Waals surface area contributed by atoms with E-state index in [1.165, 1.54) is 11.1 Å². The molecule has 37 heavy (non-hydrogen) atoms. The van der Waals surface area contributed by atoms with Gasteiger partial charge in [-0.05, 0) is 108 Å². The zero-order chi connectivity index (χ0) is 26.3. The van der Waals surface area contributed by atoms with Gasteiger partial charge in [0.2, 0.25) is 0 Å². The first-order valence-electron chi connectivity index (χ1n) is 13.2. The molecule has 2 atom stereocenters. The van der Waals surface area contributed by atoms with E-state index in [0.29, 0.717) is 12.2 Å². The van der Waals surface area contributed by atoms with E-state index in [9.17, 15) is 14.3 Å². The third kappa shape index (κ3) is 4.94. The third-order valence-electron chi connectivity index (χ3n) is 8.27. The monoisotopic (exact) mass is 498 g/mol. The predicted molar refractivity (Wildman–Crippen MR) is 146 cm³/mol. The Morgan fingerprint density at radius 2 is 1.89 bits per heavy atom. The lowest BCUT2D eigenvalue weighted by Crippen LogP contribution is -2.17. The Balaban J connectivity index is 1.45. The normalized spacial score (nSPS) is 18.8. The molecule has 0 unspecified atom stereocenters. The van der Waals surface area contributed by atoms with Gasteiger partial charge in [-0.2, -0.15) is 0 Å². The number of aryl methyl sites for hydroxylation is 2. The average Bonchev–Trinajstić information content (AvgIpc) is 3.45. The minimum Gasteiger partial charge on any atom is -0.489 e. The fourth-order valence-corrected chi connectivity index (χ4v) is 6.01. The molecule has 0 amide bonds. The maximum absolute atomic E-state index is 15.0. The van der Waals surface area contributed by atoms with Crippen LogP contribution in [0, 0.1) is 24.1 Å². The Kier molecular flexibility index (Phi) is 6.70. The molecule has 3 aromatic rings. The first-order valence-corrected chi connectivity index (χ1v) is 13.2. The van der Waals surface area contributed by atoms with Gasteiger partial charge in [-0.1, -0.05) is 56.7 Å². The Bertz CT molecular complexity index is 1380. The summed E-state index contributed by atoms with van der Waals surface area (Å²) < 4.78 is 21.2. The molecule has 0 radical (unpaired) electrons. The van der Waals surface area contributed by atoms with Crippen molar-refractivity contribution < 1.29 is 19.0 Å². The van der Waals surface area contributed by atoms with Gasteiger partial charge in [0.05, 0.1) is 5.92 Å². The van der Waals surface area contributed by atoms with Crippen molar-refractivity contribution in [3.05, 3.63) is 94.3 Å². The summed E-state index contributed by atoms with van der Waals surface area (Å²) in [6.07, 6.45) is 6.15. The maximum atomic E-state index is 15.0. The van der Waals surface area contributed by atoms with E-state index in [-0.39, 0.29) is 17.2 Å². The quantitative estimate of drug-likeness (QED) is 0.356.